The smallest absolute Gasteiger partial charge is 0.232 e. The summed E-state index contributed by atoms with van der Waals surface area (Å²) in [5.74, 6) is -1.62. The number of rotatable bonds is 2. The first-order chi connectivity index (χ1) is 10.8. The summed E-state index contributed by atoms with van der Waals surface area (Å²) in [6.07, 6.45) is 2.01. The van der Waals surface area contributed by atoms with E-state index in [1.807, 2.05) is 13.8 Å². The number of hydrogen-bond donors (Lipinski definition) is 0. The van der Waals surface area contributed by atoms with Gasteiger partial charge in [0.2, 0.25) is 5.91 Å². The molecule has 23 heavy (non-hydrogen) atoms. The largest absolute Gasteiger partial charge is 0.340 e. The van der Waals surface area contributed by atoms with Crippen LogP contribution in [0.5, 0.6) is 0 Å². The molecule has 1 atom stereocenters. The molecule has 0 spiro atoms. The Bertz CT molecular complexity index is 773. The Morgan fingerprint density at radius 3 is 2.52 bits per heavy atom. The molecule has 1 saturated heterocycles. The van der Waals surface area contributed by atoms with E-state index in [-0.39, 0.29) is 23.0 Å². The lowest BCUT2D eigenvalue weighted by molar-refractivity contribution is -0.130. The predicted molar refractivity (Wildman–Crippen MR) is 83.8 cm³/mol. The van der Waals surface area contributed by atoms with Crippen LogP contribution in [0.1, 0.15) is 31.9 Å². The Morgan fingerprint density at radius 2 is 1.96 bits per heavy atom. The van der Waals surface area contributed by atoms with Gasteiger partial charge in [-0.25, -0.2) is 8.78 Å². The van der Waals surface area contributed by atoms with E-state index in [0.717, 1.165) is 0 Å². The minimum atomic E-state index is -0.573. The summed E-state index contributed by atoms with van der Waals surface area (Å²) in [5, 5.41) is 0. The Kier molecular flexibility index (Phi) is 3.66. The maximum absolute atomic E-state index is 14.5. The molecule has 0 bridgehead atoms. The number of nitrogens with zero attached hydrogens (tertiary/aromatic N) is 2. The van der Waals surface area contributed by atoms with Crippen LogP contribution in [0.3, 0.4) is 0 Å². The first kappa shape index (κ1) is 15.6. The van der Waals surface area contributed by atoms with E-state index in [4.69, 9.17) is 0 Å². The van der Waals surface area contributed by atoms with Gasteiger partial charge in [-0.05, 0) is 44.0 Å². The van der Waals surface area contributed by atoms with Crippen molar-refractivity contribution in [3.8, 4) is 11.1 Å². The third-order valence-corrected chi connectivity index (χ3v) is 4.60. The van der Waals surface area contributed by atoms with E-state index in [9.17, 15) is 13.6 Å². The van der Waals surface area contributed by atoms with Crippen LogP contribution in [0.2, 0.25) is 0 Å². The highest BCUT2D eigenvalue weighted by molar-refractivity contribution is 5.86. The fourth-order valence-corrected chi connectivity index (χ4v) is 3.00. The number of aromatic nitrogens is 1. The molecular weight excluding hydrogens is 298 g/mol. The van der Waals surface area contributed by atoms with Gasteiger partial charge in [-0.3, -0.25) is 9.78 Å². The van der Waals surface area contributed by atoms with Crippen molar-refractivity contribution in [3.05, 3.63) is 53.9 Å². The molecule has 1 amide bonds. The molecule has 2 heterocycles. The minimum Gasteiger partial charge on any atom is -0.340 e. The molecule has 1 unspecified atom stereocenters. The van der Waals surface area contributed by atoms with E-state index in [0.29, 0.717) is 17.5 Å². The zero-order chi connectivity index (χ0) is 16.8. The molecule has 0 N–H and O–H groups in total. The number of pyridine rings is 1. The van der Waals surface area contributed by atoms with Gasteiger partial charge in [0.1, 0.15) is 11.6 Å². The number of likely N-dealkylation sites (tertiary alicyclic amines) is 1. The van der Waals surface area contributed by atoms with Gasteiger partial charge in [-0.1, -0.05) is 12.1 Å². The number of benzene rings is 1. The fourth-order valence-electron chi connectivity index (χ4n) is 3.00. The summed E-state index contributed by atoms with van der Waals surface area (Å²) in [6, 6.07) is 7.23. The van der Waals surface area contributed by atoms with Crippen LogP contribution >= 0.6 is 0 Å². The zero-order valence-electron chi connectivity index (χ0n) is 13.3. The first-order valence-electron chi connectivity index (χ1n) is 7.48. The van der Waals surface area contributed by atoms with E-state index >= 15 is 0 Å². The molecule has 5 heteroatoms. The molecule has 2 aromatic rings. The van der Waals surface area contributed by atoms with Crippen LogP contribution in [0.25, 0.3) is 11.1 Å². The lowest BCUT2D eigenvalue weighted by Gasteiger charge is -2.26. The monoisotopic (exact) mass is 316 g/mol. The molecule has 0 aliphatic carbocycles. The number of likely N-dealkylation sites (N-methyl/N-ethyl adjacent to an activating group) is 1. The van der Waals surface area contributed by atoms with Crippen LogP contribution in [-0.2, 0) is 4.79 Å². The van der Waals surface area contributed by atoms with E-state index < -0.39 is 11.7 Å². The van der Waals surface area contributed by atoms with Gasteiger partial charge >= 0.3 is 0 Å². The molecular formula is C18H18F2N2O. The average molecular weight is 316 g/mol. The summed E-state index contributed by atoms with van der Waals surface area (Å²) in [6.45, 7) is 3.90. The molecule has 0 saturated carbocycles. The lowest BCUT2D eigenvalue weighted by atomic mass is 9.93. The SMILES string of the molecule is CN1C(=O)C(c2ncc(-c3cccc(F)c3)cc2F)CC1(C)C. The molecule has 1 aromatic carbocycles. The number of hydrogen-bond acceptors (Lipinski definition) is 2. The first-order valence-corrected chi connectivity index (χ1v) is 7.48. The second-order valence-corrected chi connectivity index (χ2v) is 6.57. The van der Waals surface area contributed by atoms with Crippen LogP contribution in [0, 0.1) is 11.6 Å². The molecule has 1 aliphatic heterocycles. The maximum atomic E-state index is 14.5. The van der Waals surface area contributed by atoms with Crippen LogP contribution in [-0.4, -0.2) is 28.4 Å². The summed E-state index contributed by atoms with van der Waals surface area (Å²) >= 11 is 0. The highest BCUT2D eigenvalue weighted by Crippen LogP contribution is 2.39. The maximum Gasteiger partial charge on any atom is 0.232 e. The van der Waals surface area contributed by atoms with Crippen molar-refractivity contribution in [2.24, 2.45) is 0 Å². The van der Waals surface area contributed by atoms with E-state index in [1.54, 1.807) is 24.1 Å². The number of carbonyl (C=O) groups is 1. The van der Waals surface area contributed by atoms with Crippen LogP contribution in [0.4, 0.5) is 8.78 Å². The van der Waals surface area contributed by atoms with Crippen LogP contribution < -0.4 is 0 Å². The number of halogens is 2. The van der Waals surface area contributed by atoms with Gasteiger partial charge in [0.15, 0.2) is 0 Å². The van der Waals surface area contributed by atoms with Gasteiger partial charge in [0.25, 0.3) is 0 Å². The van der Waals surface area contributed by atoms with Gasteiger partial charge in [-0.15, -0.1) is 0 Å². The molecule has 3 nitrogen and oxygen atoms in total. The lowest BCUT2D eigenvalue weighted by Crippen LogP contribution is -2.37. The topological polar surface area (TPSA) is 33.2 Å². The van der Waals surface area contributed by atoms with Crippen molar-refractivity contribution < 1.29 is 13.6 Å². The number of amides is 1. The summed E-state index contributed by atoms with van der Waals surface area (Å²) in [4.78, 5) is 18.2. The van der Waals surface area contributed by atoms with Crippen LogP contribution in [0.15, 0.2) is 36.5 Å². The third-order valence-electron chi connectivity index (χ3n) is 4.60. The van der Waals surface area contributed by atoms with Crippen molar-refractivity contribution in [1.82, 2.24) is 9.88 Å². The second-order valence-electron chi connectivity index (χ2n) is 6.57. The minimum absolute atomic E-state index is 0.125. The Balaban J connectivity index is 1.96. The Hall–Kier alpha value is -2.30. The summed E-state index contributed by atoms with van der Waals surface area (Å²) in [7, 11) is 1.72. The zero-order valence-corrected chi connectivity index (χ0v) is 13.3. The Morgan fingerprint density at radius 1 is 1.22 bits per heavy atom. The van der Waals surface area contributed by atoms with E-state index in [2.05, 4.69) is 4.98 Å². The molecule has 3 rings (SSSR count). The van der Waals surface area contributed by atoms with Gasteiger partial charge in [-0.2, -0.15) is 0 Å². The highest BCUT2D eigenvalue weighted by Gasteiger charge is 2.44. The molecule has 0 radical (unpaired) electrons. The van der Waals surface area contributed by atoms with Gasteiger partial charge < -0.3 is 4.90 Å². The molecule has 1 fully saturated rings. The summed E-state index contributed by atoms with van der Waals surface area (Å²) < 4.78 is 27.8. The van der Waals surface area contributed by atoms with Gasteiger partial charge in [0.05, 0.1) is 11.6 Å². The average Bonchev–Trinajstić information content (AvgIpc) is 2.70. The fraction of sp³-hybridized carbons (Fsp3) is 0.333. The van der Waals surface area contributed by atoms with Gasteiger partial charge in [0, 0.05) is 24.3 Å². The van der Waals surface area contributed by atoms with Crippen molar-refractivity contribution in [3.63, 3.8) is 0 Å². The second kappa shape index (κ2) is 5.41. The summed E-state index contributed by atoms with van der Waals surface area (Å²) in [5.41, 5.74) is 0.881. The van der Waals surface area contributed by atoms with Crippen molar-refractivity contribution in [1.29, 1.82) is 0 Å². The highest BCUT2D eigenvalue weighted by atomic mass is 19.1. The third kappa shape index (κ3) is 2.71. The number of carbonyl (C=O) groups excluding carboxylic acids is 1. The standard InChI is InChI=1S/C18H18F2N2O/c1-18(2)9-14(17(23)22(18)3)16-15(20)8-12(10-21-16)11-5-4-6-13(19)7-11/h4-8,10,14H,9H2,1-3H3. The molecule has 1 aliphatic rings. The van der Waals surface area contributed by atoms with E-state index in [1.165, 1.54) is 24.4 Å². The van der Waals surface area contributed by atoms with Crippen molar-refractivity contribution >= 4 is 5.91 Å². The van der Waals surface area contributed by atoms with Crippen molar-refractivity contribution in [2.45, 2.75) is 31.7 Å². The predicted octanol–water partition coefficient (Wildman–Crippen LogP) is 3.75. The molecule has 120 valence electrons. The Labute approximate surface area is 134 Å². The quantitative estimate of drug-likeness (QED) is 0.845. The normalized spacial score (nSPS) is 20.1. The van der Waals surface area contributed by atoms with Crippen molar-refractivity contribution in [2.75, 3.05) is 7.05 Å². The molecule has 1 aromatic heterocycles.